The SMILES string of the molecule is CCOC(=O)c1cc(N2CCOC(C)(C)C2)ncc1N. The van der Waals surface area contributed by atoms with Crippen molar-refractivity contribution in [1.29, 1.82) is 0 Å². The van der Waals surface area contributed by atoms with E-state index in [1.165, 1.54) is 6.20 Å². The molecule has 1 aliphatic rings. The molecular weight excluding hydrogens is 258 g/mol. The van der Waals surface area contributed by atoms with Crippen LogP contribution in [0.15, 0.2) is 12.3 Å². The lowest BCUT2D eigenvalue weighted by Crippen LogP contribution is -2.48. The normalized spacial score (nSPS) is 17.9. The molecule has 0 radical (unpaired) electrons. The summed E-state index contributed by atoms with van der Waals surface area (Å²) in [4.78, 5) is 18.3. The number of hydrogen-bond donors (Lipinski definition) is 1. The molecule has 0 saturated carbocycles. The van der Waals surface area contributed by atoms with Gasteiger partial charge in [-0.1, -0.05) is 0 Å². The molecule has 20 heavy (non-hydrogen) atoms. The zero-order chi connectivity index (χ0) is 14.8. The Labute approximate surface area is 118 Å². The standard InChI is InChI=1S/C14H21N3O3/c1-4-19-13(18)10-7-12(16-8-11(10)15)17-5-6-20-14(2,3)9-17/h7-8H,4-6,9,15H2,1-3H3. The second-order valence-electron chi connectivity index (χ2n) is 5.38. The van der Waals surface area contributed by atoms with Gasteiger partial charge in [0, 0.05) is 13.1 Å². The highest BCUT2D eigenvalue weighted by atomic mass is 16.5. The molecule has 1 aromatic heterocycles. The fraction of sp³-hybridized carbons (Fsp3) is 0.571. The van der Waals surface area contributed by atoms with E-state index in [1.54, 1.807) is 13.0 Å². The minimum Gasteiger partial charge on any atom is -0.462 e. The monoisotopic (exact) mass is 279 g/mol. The van der Waals surface area contributed by atoms with E-state index in [2.05, 4.69) is 9.88 Å². The number of morpholine rings is 1. The Morgan fingerprint density at radius 3 is 3.00 bits per heavy atom. The van der Waals surface area contributed by atoms with Gasteiger partial charge in [-0.2, -0.15) is 0 Å². The first kappa shape index (κ1) is 14.6. The van der Waals surface area contributed by atoms with Gasteiger partial charge >= 0.3 is 5.97 Å². The van der Waals surface area contributed by atoms with Gasteiger partial charge in [-0.15, -0.1) is 0 Å². The molecule has 2 heterocycles. The summed E-state index contributed by atoms with van der Waals surface area (Å²) >= 11 is 0. The van der Waals surface area contributed by atoms with E-state index in [4.69, 9.17) is 15.2 Å². The average Bonchev–Trinajstić information content (AvgIpc) is 2.38. The third-order valence-corrected chi connectivity index (χ3v) is 3.17. The van der Waals surface area contributed by atoms with Crippen LogP contribution < -0.4 is 10.6 Å². The fourth-order valence-corrected chi connectivity index (χ4v) is 2.23. The quantitative estimate of drug-likeness (QED) is 0.844. The van der Waals surface area contributed by atoms with Crippen LogP contribution in [0.1, 0.15) is 31.1 Å². The molecule has 1 aliphatic heterocycles. The van der Waals surface area contributed by atoms with Crippen molar-refractivity contribution in [1.82, 2.24) is 4.98 Å². The van der Waals surface area contributed by atoms with Gasteiger partial charge in [0.05, 0.1) is 36.3 Å². The summed E-state index contributed by atoms with van der Waals surface area (Å²) in [6, 6.07) is 1.69. The minimum absolute atomic E-state index is 0.231. The number of carbonyl (C=O) groups excluding carboxylic acids is 1. The maximum absolute atomic E-state index is 11.9. The number of pyridine rings is 1. The van der Waals surface area contributed by atoms with E-state index in [-0.39, 0.29) is 5.60 Å². The number of aromatic nitrogens is 1. The topological polar surface area (TPSA) is 77.7 Å². The molecule has 2 N–H and O–H groups in total. The van der Waals surface area contributed by atoms with E-state index in [0.717, 1.165) is 12.4 Å². The summed E-state index contributed by atoms with van der Waals surface area (Å²) in [6.07, 6.45) is 1.50. The molecule has 0 aromatic carbocycles. The van der Waals surface area contributed by atoms with E-state index in [0.29, 0.717) is 31.0 Å². The van der Waals surface area contributed by atoms with Crippen LogP contribution in [0, 0.1) is 0 Å². The summed E-state index contributed by atoms with van der Waals surface area (Å²) in [5.41, 5.74) is 6.26. The largest absolute Gasteiger partial charge is 0.462 e. The Kier molecular flexibility index (Phi) is 4.13. The van der Waals surface area contributed by atoms with Crippen LogP contribution in [-0.2, 0) is 9.47 Å². The highest BCUT2D eigenvalue weighted by molar-refractivity contribution is 5.95. The van der Waals surface area contributed by atoms with Crippen molar-refractivity contribution in [3.63, 3.8) is 0 Å². The molecule has 0 bridgehead atoms. The Bertz CT molecular complexity index is 502. The lowest BCUT2D eigenvalue weighted by molar-refractivity contribution is -0.0279. The third kappa shape index (κ3) is 3.19. The molecule has 6 nitrogen and oxygen atoms in total. The molecule has 110 valence electrons. The summed E-state index contributed by atoms with van der Waals surface area (Å²) in [5.74, 6) is 0.305. The number of nitrogens with zero attached hydrogens (tertiary/aromatic N) is 2. The van der Waals surface area contributed by atoms with Gasteiger partial charge in [0.15, 0.2) is 0 Å². The zero-order valence-electron chi connectivity index (χ0n) is 12.2. The highest BCUT2D eigenvalue weighted by Crippen LogP contribution is 2.24. The second-order valence-corrected chi connectivity index (χ2v) is 5.38. The number of ether oxygens (including phenoxy) is 2. The predicted octanol–water partition coefficient (Wildman–Crippen LogP) is 1.46. The predicted molar refractivity (Wildman–Crippen MR) is 76.8 cm³/mol. The average molecular weight is 279 g/mol. The number of nitrogen functional groups attached to an aromatic ring is 1. The van der Waals surface area contributed by atoms with Gasteiger partial charge in [-0.05, 0) is 26.8 Å². The van der Waals surface area contributed by atoms with Gasteiger partial charge in [-0.25, -0.2) is 9.78 Å². The number of hydrogen-bond acceptors (Lipinski definition) is 6. The van der Waals surface area contributed by atoms with E-state index < -0.39 is 5.97 Å². The van der Waals surface area contributed by atoms with Crippen LogP contribution in [0.3, 0.4) is 0 Å². The van der Waals surface area contributed by atoms with Crippen molar-refractivity contribution in [3.05, 3.63) is 17.8 Å². The van der Waals surface area contributed by atoms with Crippen molar-refractivity contribution in [2.75, 3.05) is 36.9 Å². The molecule has 2 rings (SSSR count). The van der Waals surface area contributed by atoms with Crippen molar-refractivity contribution < 1.29 is 14.3 Å². The Morgan fingerprint density at radius 1 is 1.60 bits per heavy atom. The minimum atomic E-state index is -0.416. The van der Waals surface area contributed by atoms with Crippen LogP contribution >= 0.6 is 0 Å². The maximum atomic E-state index is 11.9. The Balaban J connectivity index is 2.25. The van der Waals surface area contributed by atoms with E-state index in [9.17, 15) is 4.79 Å². The molecule has 1 aromatic rings. The van der Waals surface area contributed by atoms with Crippen LogP contribution in [0.4, 0.5) is 11.5 Å². The highest BCUT2D eigenvalue weighted by Gasteiger charge is 2.28. The molecule has 0 spiro atoms. The number of anilines is 2. The summed E-state index contributed by atoms with van der Waals surface area (Å²) in [6.45, 7) is 8.23. The van der Waals surface area contributed by atoms with Crippen molar-refractivity contribution >= 4 is 17.5 Å². The Hall–Kier alpha value is -1.82. The lowest BCUT2D eigenvalue weighted by Gasteiger charge is -2.38. The number of esters is 1. The van der Waals surface area contributed by atoms with Gasteiger partial charge in [0.1, 0.15) is 5.82 Å². The summed E-state index contributed by atoms with van der Waals surface area (Å²) in [5, 5.41) is 0. The summed E-state index contributed by atoms with van der Waals surface area (Å²) < 4.78 is 10.7. The fourth-order valence-electron chi connectivity index (χ4n) is 2.23. The van der Waals surface area contributed by atoms with E-state index >= 15 is 0 Å². The summed E-state index contributed by atoms with van der Waals surface area (Å²) in [7, 11) is 0. The maximum Gasteiger partial charge on any atom is 0.340 e. The number of nitrogens with two attached hydrogens (primary N) is 1. The van der Waals surface area contributed by atoms with Gasteiger partial charge in [0.2, 0.25) is 0 Å². The van der Waals surface area contributed by atoms with Gasteiger partial charge in [-0.3, -0.25) is 0 Å². The molecule has 0 amide bonds. The van der Waals surface area contributed by atoms with E-state index in [1.807, 2.05) is 13.8 Å². The van der Waals surface area contributed by atoms with Gasteiger partial charge < -0.3 is 20.1 Å². The first-order valence-electron chi connectivity index (χ1n) is 6.74. The van der Waals surface area contributed by atoms with Crippen molar-refractivity contribution in [3.8, 4) is 0 Å². The molecule has 0 aliphatic carbocycles. The van der Waals surface area contributed by atoms with Crippen molar-refractivity contribution in [2.24, 2.45) is 0 Å². The molecule has 0 unspecified atom stereocenters. The first-order chi connectivity index (χ1) is 9.43. The molecule has 6 heteroatoms. The third-order valence-electron chi connectivity index (χ3n) is 3.17. The molecule has 1 fully saturated rings. The smallest absolute Gasteiger partial charge is 0.340 e. The molecule has 0 atom stereocenters. The lowest BCUT2D eigenvalue weighted by atomic mass is 10.1. The second kappa shape index (κ2) is 5.66. The number of rotatable bonds is 3. The van der Waals surface area contributed by atoms with Gasteiger partial charge in [0.25, 0.3) is 0 Å². The molecular formula is C14H21N3O3. The van der Waals surface area contributed by atoms with Crippen LogP contribution in [0.2, 0.25) is 0 Å². The Morgan fingerprint density at radius 2 is 2.35 bits per heavy atom. The molecule has 1 saturated heterocycles. The number of carbonyl (C=O) groups is 1. The zero-order valence-corrected chi connectivity index (χ0v) is 12.2. The van der Waals surface area contributed by atoms with Crippen LogP contribution in [-0.4, -0.2) is 42.9 Å². The van der Waals surface area contributed by atoms with Crippen LogP contribution in [0.25, 0.3) is 0 Å². The van der Waals surface area contributed by atoms with Crippen LogP contribution in [0.5, 0.6) is 0 Å². The first-order valence-corrected chi connectivity index (χ1v) is 6.74. The van der Waals surface area contributed by atoms with Crippen molar-refractivity contribution in [2.45, 2.75) is 26.4 Å².